The highest BCUT2D eigenvalue weighted by Crippen LogP contribution is 2.35. The van der Waals surface area contributed by atoms with E-state index in [0.717, 1.165) is 0 Å². The summed E-state index contributed by atoms with van der Waals surface area (Å²) in [5, 5.41) is 15.8. The molecular weight excluding hydrogens is 561 g/mol. The summed E-state index contributed by atoms with van der Waals surface area (Å²) in [5.74, 6) is 1.20. The highest BCUT2D eigenvalue weighted by Gasteiger charge is 2.27. The van der Waals surface area contributed by atoms with Gasteiger partial charge in [0, 0.05) is 17.1 Å². The lowest BCUT2D eigenvalue weighted by Crippen LogP contribution is -2.33. The van der Waals surface area contributed by atoms with Crippen LogP contribution in [0.2, 0.25) is 15.1 Å². The van der Waals surface area contributed by atoms with Crippen LogP contribution in [-0.2, 0) is 11.3 Å². The zero-order chi connectivity index (χ0) is 26.7. The molecule has 13 heteroatoms. The summed E-state index contributed by atoms with van der Waals surface area (Å²) < 4.78 is 12.6. The van der Waals surface area contributed by atoms with Gasteiger partial charge >= 0.3 is 0 Å². The Morgan fingerprint density at radius 1 is 1.08 bits per heavy atom. The SMILES string of the molecule is CCn1c(SCC(=O)Nc2c(Cl)cc(Cl)cc2Cl)nnc1C(NC(=O)c1ccc2c(c1)OCO2)C(C)C. The summed E-state index contributed by atoms with van der Waals surface area (Å²) in [6, 6.07) is 7.63. The first-order chi connectivity index (χ1) is 17.7. The van der Waals surface area contributed by atoms with Crippen molar-refractivity contribution >= 4 is 64.1 Å². The van der Waals surface area contributed by atoms with Crippen LogP contribution in [-0.4, -0.2) is 39.1 Å². The zero-order valence-corrected chi connectivity index (χ0v) is 23.3. The third kappa shape index (κ3) is 6.26. The number of aromatic nitrogens is 3. The first-order valence-corrected chi connectivity index (χ1v) is 13.5. The van der Waals surface area contributed by atoms with E-state index >= 15 is 0 Å². The zero-order valence-electron chi connectivity index (χ0n) is 20.2. The molecular formula is C24H24Cl3N5O4S. The van der Waals surface area contributed by atoms with Gasteiger partial charge in [0.05, 0.1) is 27.5 Å². The van der Waals surface area contributed by atoms with Crippen LogP contribution in [0.5, 0.6) is 11.5 Å². The number of hydrogen-bond donors (Lipinski definition) is 2. The number of anilines is 1. The van der Waals surface area contributed by atoms with Crippen LogP contribution in [0.1, 0.15) is 43.0 Å². The molecule has 9 nitrogen and oxygen atoms in total. The molecule has 37 heavy (non-hydrogen) atoms. The summed E-state index contributed by atoms with van der Waals surface area (Å²) in [5.41, 5.74) is 0.741. The molecule has 0 saturated carbocycles. The summed E-state index contributed by atoms with van der Waals surface area (Å²) in [6.45, 7) is 6.59. The molecule has 1 unspecified atom stereocenters. The highest BCUT2D eigenvalue weighted by molar-refractivity contribution is 7.99. The van der Waals surface area contributed by atoms with Crippen molar-refractivity contribution in [2.75, 3.05) is 17.9 Å². The Morgan fingerprint density at radius 3 is 2.46 bits per heavy atom. The van der Waals surface area contributed by atoms with Crippen LogP contribution >= 0.6 is 46.6 Å². The average Bonchev–Trinajstić information content (AvgIpc) is 3.49. The van der Waals surface area contributed by atoms with E-state index in [-0.39, 0.29) is 40.3 Å². The fraction of sp³-hybridized carbons (Fsp3) is 0.333. The standard InChI is InChI=1S/C24H24Cl3N5O4S/c1-4-32-22(20(12(2)3)29-23(34)13-5-6-17-18(7-13)36-11-35-17)30-31-24(32)37-10-19(33)28-21-15(26)8-14(25)9-16(21)27/h5-9,12,20H,4,10-11H2,1-3H3,(H,28,33)(H,29,34). The third-order valence-electron chi connectivity index (χ3n) is 5.53. The van der Waals surface area contributed by atoms with E-state index in [1.807, 2.05) is 25.3 Å². The Bertz CT molecular complexity index is 1310. The maximum absolute atomic E-state index is 13.1. The number of hydrogen-bond acceptors (Lipinski definition) is 7. The molecule has 2 N–H and O–H groups in total. The predicted molar refractivity (Wildman–Crippen MR) is 144 cm³/mol. The number of thioether (sulfide) groups is 1. The number of carbonyl (C=O) groups excluding carboxylic acids is 2. The molecule has 1 atom stereocenters. The van der Waals surface area contributed by atoms with Gasteiger partial charge in [0.2, 0.25) is 12.7 Å². The van der Waals surface area contributed by atoms with Gasteiger partial charge in [0.1, 0.15) is 0 Å². The van der Waals surface area contributed by atoms with Gasteiger partial charge in [-0.05, 0) is 43.2 Å². The van der Waals surface area contributed by atoms with Gasteiger partial charge in [-0.15, -0.1) is 10.2 Å². The predicted octanol–water partition coefficient (Wildman–Crippen LogP) is 5.84. The van der Waals surface area contributed by atoms with E-state index in [2.05, 4.69) is 20.8 Å². The molecule has 4 rings (SSSR count). The number of amides is 2. The third-order valence-corrected chi connectivity index (χ3v) is 7.31. The minimum absolute atomic E-state index is 0.0165. The molecule has 3 aromatic rings. The summed E-state index contributed by atoms with van der Waals surface area (Å²) in [7, 11) is 0. The largest absolute Gasteiger partial charge is 0.454 e. The van der Waals surface area contributed by atoms with Crippen LogP contribution in [0.15, 0.2) is 35.5 Å². The van der Waals surface area contributed by atoms with E-state index < -0.39 is 6.04 Å². The molecule has 1 aromatic heterocycles. The van der Waals surface area contributed by atoms with E-state index in [1.165, 1.54) is 23.9 Å². The Morgan fingerprint density at radius 2 is 1.78 bits per heavy atom. The Labute approximate surface area is 233 Å². The van der Waals surface area contributed by atoms with Crippen molar-refractivity contribution in [3.63, 3.8) is 0 Å². The fourth-order valence-corrected chi connectivity index (χ4v) is 5.41. The second-order valence-corrected chi connectivity index (χ2v) is 10.6. The molecule has 0 aliphatic carbocycles. The number of nitrogens with zero attached hydrogens (tertiary/aromatic N) is 3. The normalized spacial score (nSPS) is 13.1. The first-order valence-electron chi connectivity index (χ1n) is 11.4. The van der Waals surface area contributed by atoms with Gasteiger partial charge in [-0.2, -0.15) is 0 Å². The molecule has 0 spiro atoms. The molecule has 196 valence electrons. The topological polar surface area (TPSA) is 107 Å². The second-order valence-electron chi connectivity index (χ2n) is 8.43. The van der Waals surface area contributed by atoms with Gasteiger partial charge < -0.3 is 24.7 Å². The number of rotatable bonds is 9. The molecule has 0 fully saturated rings. The van der Waals surface area contributed by atoms with Crippen molar-refractivity contribution in [2.45, 2.75) is 38.5 Å². The van der Waals surface area contributed by atoms with Crippen molar-refractivity contribution in [2.24, 2.45) is 5.92 Å². The van der Waals surface area contributed by atoms with E-state index in [0.29, 0.717) is 45.3 Å². The average molecular weight is 585 g/mol. The molecule has 2 heterocycles. The Kier molecular flexibility index (Phi) is 8.74. The number of nitrogens with one attached hydrogen (secondary N) is 2. The summed E-state index contributed by atoms with van der Waals surface area (Å²) in [4.78, 5) is 25.6. The summed E-state index contributed by atoms with van der Waals surface area (Å²) >= 11 is 19.5. The molecule has 1 aliphatic rings. The Hall–Kier alpha value is -2.66. The van der Waals surface area contributed by atoms with E-state index in [1.54, 1.807) is 18.2 Å². The lowest BCUT2D eigenvalue weighted by atomic mass is 10.0. The number of halogens is 3. The van der Waals surface area contributed by atoms with Gasteiger partial charge in [-0.1, -0.05) is 60.4 Å². The minimum atomic E-state index is -0.416. The van der Waals surface area contributed by atoms with Crippen molar-refractivity contribution in [1.29, 1.82) is 0 Å². The van der Waals surface area contributed by atoms with Gasteiger partial charge in [0.15, 0.2) is 22.5 Å². The minimum Gasteiger partial charge on any atom is -0.454 e. The van der Waals surface area contributed by atoms with Gasteiger partial charge in [-0.25, -0.2) is 0 Å². The van der Waals surface area contributed by atoms with Crippen LogP contribution in [0.4, 0.5) is 5.69 Å². The lowest BCUT2D eigenvalue weighted by molar-refractivity contribution is -0.113. The molecule has 0 saturated heterocycles. The van der Waals surface area contributed by atoms with E-state index in [4.69, 9.17) is 44.3 Å². The monoisotopic (exact) mass is 583 g/mol. The molecule has 2 amide bonds. The Balaban J connectivity index is 1.46. The lowest BCUT2D eigenvalue weighted by Gasteiger charge is -2.22. The van der Waals surface area contributed by atoms with Crippen LogP contribution < -0.4 is 20.1 Å². The molecule has 0 radical (unpaired) electrons. The smallest absolute Gasteiger partial charge is 0.252 e. The van der Waals surface area contributed by atoms with Crippen LogP contribution in [0.3, 0.4) is 0 Å². The number of benzene rings is 2. The van der Waals surface area contributed by atoms with Gasteiger partial charge in [0.25, 0.3) is 5.91 Å². The molecule has 0 bridgehead atoms. The first kappa shape index (κ1) is 27.4. The van der Waals surface area contributed by atoms with E-state index in [9.17, 15) is 9.59 Å². The number of carbonyl (C=O) groups is 2. The van der Waals surface area contributed by atoms with Crippen LogP contribution in [0.25, 0.3) is 0 Å². The van der Waals surface area contributed by atoms with Crippen molar-refractivity contribution in [3.05, 3.63) is 56.8 Å². The molecule has 1 aliphatic heterocycles. The van der Waals surface area contributed by atoms with Crippen LogP contribution in [0, 0.1) is 5.92 Å². The highest BCUT2D eigenvalue weighted by atomic mass is 35.5. The number of ether oxygens (including phenoxy) is 2. The van der Waals surface area contributed by atoms with Crippen molar-refractivity contribution < 1.29 is 19.1 Å². The number of fused-ring (bicyclic) bond motifs is 1. The van der Waals surface area contributed by atoms with Gasteiger partial charge in [-0.3, -0.25) is 9.59 Å². The maximum Gasteiger partial charge on any atom is 0.252 e. The fourth-order valence-electron chi connectivity index (χ4n) is 3.69. The molecule has 2 aromatic carbocycles. The quantitative estimate of drug-likeness (QED) is 0.304. The van der Waals surface area contributed by atoms with Crippen molar-refractivity contribution in [3.8, 4) is 11.5 Å². The van der Waals surface area contributed by atoms with Crippen molar-refractivity contribution in [1.82, 2.24) is 20.1 Å². The maximum atomic E-state index is 13.1. The second kappa shape index (κ2) is 11.8. The summed E-state index contributed by atoms with van der Waals surface area (Å²) in [6.07, 6.45) is 0.